The van der Waals surface area contributed by atoms with E-state index in [9.17, 15) is 9.59 Å². The molecule has 52 heavy (non-hydrogen) atoms. The highest BCUT2D eigenvalue weighted by Gasteiger charge is 2.17. The number of nitrogens with zero attached hydrogens (tertiary/aromatic N) is 3. The molecule has 1 aromatic heterocycles. The van der Waals surface area contributed by atoms with Crippen molar-refractivity contribution >= 4 is 57.5 Å². The molecule has 11 nitrogen and oxygen atoms in total. The number of nitrogen functional groups attached to an aromatic ring is 2. The summed E-state index contributed by atoms with van der Waals surface area (Å²) in [4.78, 5) is 35.5. The normalized spacial score (nSPS) is 11.8. The van der Waals surface area contributed by atoms with Gasteiger partial charge in [-0.3, -0.25) is 20.3 Å². The summed E-state index contributed by atoms with van der Waals surface area (Å²) in [6.45, 7) is 7.00. The molecule has 0 aliphatic rings. The van der Waals surface area contributed by atoms with Gasteiger partial charge in [0.15, 0.2) is 28.4 Å². The van der Waals surface area contributed by atoms with Crippen LogP contribution in [0.3, 0.4) is 0 Å². The van der Waals surface area contributed by atoms with Crippen LogP contribution in [-0.4, -0.2) is 59.3 Å². The monoisotopic (exact) mass is 727 g/mol. The van der Waals surface area contributed by atoms with Crippen molar-refractivity contribution in [1.29, 1.82) is 5.41 Å². The van der Waals surface area contributed by atoms with Crippen LogP contribution < -0.4 is 27.4 Å². The van der Waals surface area contributed by atoms with Gasteiger partial charge in [-0.1, -0.05) is 93.2 Å². The van der Waals surface area contributed by atoms with E-state index in [-0.39, 0.29) is 40.3 Å². The zero-order chi connectivity index (χ0) is 37.5. The summed E-state index contributed by atoms with van der Waals surface area (Å²) in [6.07, 6.45) is 10.6. The van der Waals surface area contributed by atoms with Crippen molar-refractivity contribution in [3.05, 3.63) is 88.2 Å². The predicted octanol–water partition coefficient (Wildman–Crippen LogP) is 6.99. The number of guanidine groups is 1. The molecular weight excluding hydrogens is 674 g/mol. The van der Waals surface area contributed by atoms with Crippen LogP contribution in [0, 0.1) is 11.3 Å². The van der Waals surface area contributed by atoms with E-state index in [1.54, 1.807) is 0 Å². The Morgan fingerprint density at radius 1 is 0.827 bits per heavy atom. The zero-order valence-electron chi connectivity index (χ0n) is 30.7. The molecule has 4 rings (SSSR count). The molecule has 0 radical (unpaired) electrons. The summed E-state index contributed by atoms with van der Waals surface area (Å²) in [7, 11) is 2.21. The molecule has 0 unspecified atom stereocenters. The Bertz CT molecular complexity index is 1800. The van der Waals surface area contributed by atoms with E-state index < -0.39 is 5.91 Å². The van der Waals surface area contributed by atoms with E-state index in [0.717, 1.165) is 60.7 Å². The van der Waals surface area contributed by atoms with Crippen LogP contribution in [-0.2, 0) is 24.1 Å². The number of fused-ring (bicyclic) bond motifs is 1. The second kappa shape index (κ2) is 20.3. The van der Waals surface area contributed by atoms with E-state index in [0.29, 0.717) is 13.0 Å². The Morgan fingerprint density at radius 2 is 1.48 bits per heavy atom. The highest BCUT2D eigenvalue weighted by molar-refractivity contribution is 6.31. The molecule has 0 aliphatic carbocycles. The number of carbonyl (C=O) groups excluding carboxylic acids is 2. The minimum Gasteiger partial charge on any atom is -0.382 e. The number of rotatable bonds is 19. The molecule has 0 saturated heterocycles. The van der Waals surface area contributed by atoms with Crippen LogP contribution in [0.15, 0.2) is 60.7 Å². The molecule has 3 aromatic carbocycles. The standard InChI is InChI=1S/C40H54ClN9O2/c1-4-5-6-9-22-50(3)23-10-12-28-15-19-33(20-16-28)46-38(51)27(2)24-30-14-18-31-25-29(13-17-32(31)26-30)11-7-8-21-45-40(44)49-39(52)34-36(42)48-37(43)35(41)47-34/h13-20,25-27H,4-12,21-24H2,1-3H3,(H,46,51)(H4,42,43,48)(H3,44,45,49,52)/t27-/m0/s1. The molecule has 0 bridgehead atoms. The number of benzene rings is 3. The maximum absolute atomic E-state index is 13.0. The van der Waals surface area contributed by atoms with Crippen LogP contribution in [0.2, 0.25) is 5.15 Å². The van der Waals surface area contributed by atoms with E-state index in [2.05, 4.69) is 93.3 Å². The lowest BCUT2D eigenvalue weighted by Crippen LogP contribution is -2.41. The number of amides is 2. The molecular formula is C40H54ClN9O2. The number of aromatic nitrogens is 2. The van der Waals surface area contributed by atoms with Crippen LogP contribution in [0.5, 0.6) is 0 Å². The first kappa shape index (κ1) is 40.0. The number of unbranched alkanes of at least 4 members (excludes halogenated alkanes) is 4. The summed E-state index contributed by atoms with van der Waals surface area (Å²) < 4.78 is 0. The van der Waals surface area contributed by atoms with E-state index in [4.69, 9.17) is 28.5 Å². The van der Waals surface area contributed by atoms with Crippen LogP contribution >= 0.6 is 11.6 Å². The highest BCUT2D eigenvalue weighted by atomic mass is 35.5. The number of nitrogens with one attached hydrogen (secondary N) is 4. The van der Waals surface area contributed by atoms with Gasteiger partial charge in [0, 0.05) is 18.2 Å². The Kier molecular flexibility index (Phi) is 15.7. The van der Waals surface area contributed by atoms with Gasteiger partial charge in [-0.05, 0) is 105 Å². The predicted molar refractivity (Wildman–Crippen MR) is 214 cm³/mol. The van der Waals surface area contributed by atoms with Gasteiger partial charge in [0.2, 0.25) is 5.91 Å². The average Bonchev–Trinajstić information content (AvgIpc) is 3.12. The van der Waals surface area contributed by atoms with E-state index in [1.807, 2.05) is 19.1 Å². The number of anilines is 3. The summed E-state index contributed by atoms with van der Waals surface area (Å²) in [5, 5.41) is 18.5. The topological polar surface area (TPSA) is 175 Å². The largest absolute Gasteiger partial charge is 0.382 e. The average molecular weight is 728 g/mol. The van der Waals surface area contributed by atoms with Crippen LogP contribution in [0.4, 0.5) is 17.3 Å². The van der Waals surface area contributed by atoms with Crippen molar-refractivity contribution in [3.63, 3.8) is 0 Å². The Hall–Kier alpha value is -4.74. The summed E-state index contributed by atoms with van der Waals surface area (Å²) in [5.74, 6) is -1.24. The van der Waals surface area contributed by atoms with Gasteiger partial charge in [-0.15, -0.1) is 0 Å². The smallest absolute Gasteiger partial charge is 0.280 e. The van der Waals surface area contributed by atoms with Crippen molar-refractivity contribution in [1.82, 2.24) is 25.5 Å². The number of halogens is 1. The third-order valence-corrected chi connectivity index (χ3v) is 9.41. The van der Waals surface area contributed by atoms with Crippen molar-refractivity contribution in [2.45, 2.75) is 78.1 Å². The first-order valence-electron chi connectivity index (χ1n) is 18.3. The second-order valence-corrected chi connectivity index (χ2v) is 14.0. The van der Waals surface area contributed by atoms with Gasteiger partial charge in [0.25, 0.3) is 5.91 Å². The summed E-state index contributed by atoms with van der Waals surface area (Å²) in [6, 6.07) is 21.1. The molecule has 0 spiro atoms. The van der Waals surface area contributed by atoms with Gasteiger partial charge in [0.1, 0.15) is 0 Å². The lowest BCUT2D eigenvalue weighted by Gasteiger charge is -2.16. The fourth-order valence-corrected chi connectivity index (χ4v) is 6.19. The maximum atomic E-state index is 13.0. The van der Waals surface area contributed by atoms with Gasteiger partial charge in [-0.2, -0.15) is 0 Å². The van der Waals surface area contributed by atoms with E-state index >= 15 is 0 Å². The fourth-order valence-electron chi connectivity index (χ4n) is 6.06. The summed E-state index contributed by atoms with van der Waals surface area (Å²) >= 11 is 5.84. The van der Waals surface area contributed by atoms with Gasteiger partial charge in [-0.25, -0.2) is 9.97 Å². The number of hydrogen-bond donors (Lipinski definition) is 6. The lowest BCUT2D eigenvalue weighted by atomic mass is 9.96. The second-order valence-electron chi connectivity index (χ2n) is 13.6. The van der Waals surface area contributed by atoms with Crippen molar-refractivity contribution in [3.8, 4) is 0 Å². The quantitative estimate of drug-likeness (QED) is 0.0340. The Morgan fingerprint density at radius 3 is 2.21 bits per heavy atom. The van der Waals surface area contributed by atoms with E-state index in [1.165, 1.54) is 43.4 Å². The third kappa shape index (κ3) is 12.8. The first-order valence-corrected chi connectivity index (χ1v) is 18.7. The fraction of sp³-hybridized carbons (Fsp3) is 0.425. The van der Waals surface area contributed by atoms with Crippen molar-refractivity contribution < 1.29 is 9.59 Å². The molecule has 0 fully saturated rings. The minimum atomic E-state index is -0.694. The highest BCUT2D eigenvalue weighted by Crippen LogP contribution is 2.22. The molecule has 12 heteroatoms. The van der Waals surface area contributed by atoms with Crippen molar-refractivity contribution in [2.24, 2.45) is 5.92 Å². The number of aryl methyl sites for hydroxylation is 2. The Balaban J connectivity index is 1.15. The molecule has 0 aliphatic heterocycles. The van der Waals surface area contributed by atoms with Crippen LogP contribution in [0.1, 0.15) is 86.0 Å². The molecule has 2 amide bonds. The molecule has 8 N–H and O–H groups in total. The van der Waals surface area contributed by atoms with Crippen LogP contribution in [0.25, 0.3) is 10.8 Å². The molecule has 0 saturated carbocycles. The third-order valence-electron chi connectivity index (χ3n) is 9.13. The van der Waals surface area contributed by atoms with Gasteiger partial charge in [0.05, 0.1) is 0 Å². The SMILES string of the molecule is CCCCCCN(C)CCCc1ccc(NC(=O)[C@@H](C)Cc2ccc3cc(CCCCNC(=N)NC(=O)c4nc(Cl)c(N)nc4N)ccc3c2)cc1. The lowest BCUT2D eigenvalue weighted by molar-refractivity contribution is -0.119. The number of nitrogens with two attached hydrogens (primary N) is 2. The molecule has 4 aromatic rings. The first-order chi connectivity index (χ1) is 25.0. The number of hydrogen-bond acceptors (Lipinski definition) is 8. The van der Waals surface area contributed by atoms with Gasteiger partial charge < -0.3 is 27.0 Å². The zero-order valence-corrected chi connectivity index (χ0v) is 31.5. The molecule has 1 heterocycles. The van der Waals surface area contributed by atoms with Crippen molar-refractivity contribution in [2.75, 3.05) is 43.5 Å². The molecule has 1 atom stereocenters. The van der Waals surface area contributed by atoms with Gasteiger partial charge >= 0.3 is 0 Å². The Labute approximate surface area is 312 Å². The summed E-state index contributed by atoms with van der Waals surface area (Å²) in [5.41, 5.74) is 15.5. The number of carbonyl (C=O) groups is 2. The molecule has 278 valence electrons. The minimum absolute atomic E-state index is 0.0191. The maximum Gasteiger partial charge on any atom is 0.280 e.